The van der Waals surface area contributed by atoms with Gasteiger partial charge < -0.3 is 20.1 Å². The second-order valence-corrected chi connectivity index (χ2v) is 5.70. The number of rotatable bonds is 7. The Balaban J connectivity index is 2.93. The molecule has 116 valence electrons. The molecule has 0 aromatic carbocycles. The van der Waals surface area contributed by atoms with Crippen molar-refractivity contribution in [2.45, 2.75) is 45.7 Å². The number of likely N-dealkylation sites (N-methyl/N-ethyl adjacent to an activating group) is 1. The van der Waals surface area contributed by atoms with Gasteiger partial charge >= 0.3 is 5.97 Å². The normalized spacial score (nSPS) is 22.8. The largest absolute Gasteiger partial charge is 0.481 e. The van der Waals surface area contributed by atoms with Crippen molar-refractivity contribution in [1.29, 1.82) is 0 Å². The van der Waals surface area contributed by atoms with Gasteiger partial charge in [-0.25, -0.2) is 0 Å². The van der Waals surface area contributed by atoms with E-state index in [1.54, 1.807) is 4.90 Å². The second-order valence-electron chi connectivity index (χ2n) is 5.70. The van der Waals surface area contributed by atoms with E-state index in [4.69, 9.17) is 4.74 Å². The van der Waals surface area contributed by atoms with Crippen LogP contribution in [-0.4, -0.2) is 59.8 Å². The third-order valence-electron chi connectivity index (χ3n) is 3.65. The van der Waals surface area contributed by atoms with E-state index in [0.29, 0.717) is 19.7 Å². The molecule has 1 aliphatic heterocycles. The Kier molecular flexibility index (Phi) is 5.95. The van der Waals surface area contributed by atoms with Gasteiger partial charge in [-0.15, -0.1) is 0 Å². The molecule has 0 aromatic heterocycles. The number of carbonyl (C=O) groups excluding carboxylic acids is 1. The summed E-state index contributed by atoms with van der Waals surface area (Å²) in [6.45, 7) is 9.28. The molecule has 1 saturated heterocycles. The lowest BCUT2D eigenvalue weighted by molar-refractivity contribution is -0.147. The third-order valence-corrected chi connectivity index (χ3v) is 3.65. The van der Waals surface area contributed by atoms with Crippen molar-refractivity contribution in [3.63, 3.8) is 0 Å². The standard InChI is InChI=1S/C14H26N2O4/c1-5-7-16(13(19)14(3,4)15-6-2)11-9-20-8-10(11)12(17)18/h10-11,15H,5-9H2,1-4H3,(H,17,18). The lowest BCUT2D eigenvalue weighted by Crippen LogP contribution is -2.58. The molecule has 0 saturated carbocycles. The fraction of sp³-hybridized carbons (Fsp3) is 0.857. The van der Waals surface area contributed by atoms with Crippen LogP contribution in [0.15, 0.2) is 0 Å². The van der Waals surface area contributed by atoms with Crippen LogP contribution in [0.3, 0.4) is 0 Å². The zero-order valence-corrected chi connectivity index (χ0v) is 12.8. The Morgan fingerprint density at radius 3 is 2.50 bits per heavy atom. The second kappa shape index (κ2) is 7.04. The van der Waals surface area contributed by atoms with Gasteiger partial charge in [0.25, 0.3) is 0 Å². The number of carboxylic acids is 1. The van der Waals surface area contributed by atoms with E-state index in [-0.39, 0.29) is 18.6 Å². The van der Waals surface area contributed by atoms with Gasteiger partial charge in [0.15, 0.2) is 0 Å². The van der Waals surface area contributed by atoms with Crippen molar-refractivity contribution in [2.24, 2.45) is 5.92 Å². The van der Waals surface area contributed by atoms with Crippen LogP contribution in [0.4, 0.5) is 0 Å². The minimum atomic E-state index is -0.900. The Hall–Kier alpha value is -1.14. The number of carbonyl (C=O) groups is 2. The highest BCUT2D eigenvalue weighted by molar-refractivity contribution is 5.86. The Labute approximate surface area is 120 Å². The molecule has 0 aromatic rings. The van der Waals surface area contributed by atoms with Crippen LogP contribution in [0.2, 0.25) is 0 Å². The number of aliphatic carboxylic acids is 1. The zero-order valence-electron chi connectivity index (χ0n) is 12.8. The van der Waals surface area contributed by atoms with Gasteiger partial charge in [-0.1, -0.05) is 13.8 Å². The number of ether oxygens (including phenoxy) is 1. The molecule has 20 heavy (non-hydrogen) atoms. The maximum atomic E-state index is 12.7. The third kappa shape index (κ3) is 3.70. The fourth-order valence-corrected chi connectivity index (χ4v) is 2.62. The van der Waals surface area contributed by atoms with E-state index in [1.807, 2.05) is 27.7 Å². The summed E-state index contributed by atoms with van der Waals surface area (Å²) in [7, 11) is 0. The van der Waals surface area contributed by atoms with Crippen LogP contribution in [0, 0.1) is 5.92 Å². The van der Waals surface area contributed by atoms with Crippen molar-refractivity contribution in [1.82, 2.24) is 10.2 Å². The summed E-state index contributed by atoms with van der Waals surface area (Å²) in [4.78, 5) is 25.7. The highest BCUT2D eigenvalue weighted by Gasteiger charge is 2.43. The number of nitrogens with zero attached hydrogens (tertiary/aromatic N) is 1. The van der Waals surface area contributed by atoms with Crippen LogP contribution in [-0.2, 0) is 14.3 Å². The van der Waals surface area contributed by atoms with Crippen LogP contribution >= 0.6 is 0 Å². The fourth-order valence-electron chi connectivity index (χ4n) is 2.62. The summed E-state index contributed by atoms with van der Waals surface area (Å²) in [6.07, 6.45) is 0.788. The molecule has 2 unspecified atom stereocenters. The topological polar surface area (TPSA) is 78.9 Å². The number of hydrogen-bond acceptors (Lipinski definition) is 4. The Morgan fingerprint density at radius 1 is 1.35 bits per heavy atom. The number of hydrogen-bond donors (Lipinski definition) is 2. The smallest absolute Gasteiger partial charge is 0.311 e. The Morgan fingerprint density at radius 2 is 2.00 bits per heavy atom. The van der Waals surface area contributed by atoms with Crippen LogP contribution < -0.4 is 5.32 Å². The first kappa shape index (κ1) is 16.9. The van der Waals surface area contributed by atoms with E-state index in [2.05, 4.69) is 5.32 Å². The first-order valence-corrected chi connectivity index (χ1v) is 7.21. The molecule has 0 aliphatic carbocycles. The lowest BCUT2D eigenvalue weighted by Gasteiger charge is -2.37. The molecule has 6 heteroatoms. The van der Waals surface area contributed by atoms with Crippen molar-refractivity contribution < 1.29 is 19.4 Å². The highest BCUT2D eigenvalue weighted by atomic mass is 16.5. The number of nitrogens with one attached hydrogen (secondary N) is 1. The summed E-state index contributed by atoms with van der Waals surface area (Å²) in [5.41, 5.74) is -0.699. The van der Waals surface area contributed by atoms with Crippen molar-refractivity contribution >= 4 is 11.9 Å². The Bertz CT molecular complexity index is 357. The van der Waals surface area contributed by atoms with Crippen molar-refractivity contribution in [2.75, 3.05) is 26.3 Å². The molecule has 2 N–H and O–H groups in total. The maximum absolute atomic E-state index is 12.7. The SMILES string of the molecule is CCCN(C(=O)C(C)(C)NCC)C1COCC1C(=O)O. The summed E-state index contributed by atoms with van der Waals surface area (Å²) in [5.74, 6) is -1.60. The molecule has 6 nitrogen and oxygen atoms in total. The van der Waals surface area contributed by atoms with Crippen molar-refractivity contribution in [3.05, 3.63) is 0 Å². The maximum Gasteiger partial charge on any atom is 0.311 e. The van der Waals surface area contributed by atoms with E-state index in [1.165, 1.54) is 0 Å². The summed E-state index contributed by atoms with van der Waals surface area (Å²) < 4.78 is 5.29. The molecule has 0 spiro atoms. The zero-order chi connectivity index (χ0) is 15.3. The highest BCUT2D eigenvalue weighted by Crippen LogP contribution is 2.23. The minimum Gasteiger partial charge on any atom is -0.481 e. The molecule has 1 amide bonds. The molecular formula is C14H26N2O4. The number of amides is 1. The summed E-state index contributed by atoms with van der Waals surface area (Å²) >= 11 is 0. The molecule has 1 fully saturated rings. The average Bonchev–Trinajstić information content (AvgIpc) is 2.84. The first-order valence-electron chi connectivity index (χ1n) is 7.21. The molecule has 0 bridgehead atoms. The van der Waals surface area contributed by atoms with Gasteiger partial charge in [0.2, 0.25) is 5.91 Å². The predicted octanol–water partition coefficient (Wildman–Crippen LogP) is 0.713. The van der Waals surface area contributed by atoms with Crippen molar-refractivity contribution in [3.8, 4) is 0 Å². The predicted molar refractivity (Wildman–Crippen MR) is 75.5 cm³/mol. The van der Waals surface area contributed by atoms with Gasteiger partial charge in [0, 0.05) is 6.54 Å². The molecule has 0 radical (unpaired) electrons. The number of carboxylic acid groups (broad SMARTS) is 1. The van der Waals surface area contributed by atoms with E-state index in [9.17, 15) is 14.7 Å². The molecule has 1 heterocycles. The van der Waals surface area contributed by atoms with Crippen LogP contribution in [0.5, 0.6) is 0 Å². The monoisotopic (exact) mass is 286 g/mol. The van der Waals surface area contributed by atoms with E-state index in [0.717, 1.165) is 6.42 Å². The van der Waals surface area contributed by atoms with E-state index >= 15 is 0 Å². The van der Waals surface area contributed by atoms with Crippen LogP contribution in [0.1, 0.15) is 34.1 Å². The van der Waals surface area contributed by atoms with Gasteiger partial charge in [0.1, 0.15) is 5.92 Å². The minimum absolute atomic E-state index is 0.0667. The van der Waals surface area contributed by atoms with Crippen LogP contribution in [0.25, 0.3) is 0 Å². The summed E-state index contributed by atoms with van der Waals surface area (Å²) in [6, 6.07) is -0.377. The van der Waals surface area contributed by atoms with Gasteiger partial charge in [-0.2, -0.15) is 0 Å². The van der Waals surface area contributed by atoms with Gasteiger partial charge in [0.05, 0.1) is 24.8 Å². The van der Waals surface area contributed by atoms with Gasteiger partial charge in [-0.05, 0) is 26.8 Å². The average molecular weight is 286 g/mol. The summed E-state index contributed by atoms with van der Waals surface area (Å²) in [5, 5.41) is 12.4. The molecule has 2 atom stereocenters. The lowest BCUT2D eigenvalue weighted by atomic mass is 9.97. The molecular weight excluding hydrogens is 260 g/mol. The van der Waals surface area contributed by atoms with Gasteiger partial charge in [-0.3, -0.25) is 9.59 Å². The molecule has 1 aliphatic rings. The van der Waals surface area contributed by atoms with E-state index < -0.39 is 17.4 Å². The first-order chi connectivity index (χ1) is 9.35. The molecule has 1 rings (SSSR count). The quantitative estimate of drug-likeness (QED) is 0.721.